The number of nitrogens with zero attached hydrogens (tertiary/aromatic N) is 3. The molecule has 1 aromatic carbocycles. The first-order chi connectivity index (χ1) is 14.5. The Labute approximate surface area is 174 Å². The van der Waals surface area contributed by atoms with E-state index in [0.29, 0.717) is 29.0 Å². The van der Waals surface area contributed by atoms with Crippen molar-refractivity contribution in [3.8, 4) is 11.5 Å². The van der Waals surface area contributed by atoms with E-state index >= 15 is 0 Å². The zero-order chi connectivity index (χ0) is 21.3. The van der Waals surface area contributed by atoms with Gasteiger partial charge in [-0.1, -0.05) is 12.5 Å². The monoisotopic (exact) mass is 408 g/mol. The summed E-state index contributed by atoms with van der Waals surface area (Å²) in [6, 6.07) is 8.60. The summed E-state index contributed by atoms with van der Waals surface area (Å²) in [5.41, 5.74) is 3.56. The SMILES string of the molecule is COC(=O)c1cccc(NC(=O)Cn2c(C)cc(-c3nnc(C4CCC4)o3)c2C)c1. The predicted octanol–water partition coefficient (Wildman–Crippen LogP) is 3.85. The maximum atomic E-state index is 12.6. The molecule has 8 nitrogen and oxygen atoms in total. The fraction of sp³-hybridized carbons (Fsp3) is 0.364. The summed E-state index contributed by atoms with van der Waals surface area (Å²) in [6.07, 6.45) is 3.39. The summed E-state index contributed by atoms with van der Waals surface area (Å²) in [4.78, 5) is 24.3. The van der Waals surface area contributed by atoms with Gasteiger partial charge in [-0.2, -0.15) is 0 Å². The zero-order valence-corrected chi connectivity index (χ0v) is 17.3. The van der Waals surface area contributed by atoms with Crippen molar-refractivity contribution in [1.29, 1.82) is 0 Å². The van der Waals surface area contributed by atoms with E-state index in [1.54, 1.807) is 24.3 Å². The molecule has 1 N–H and O–H groups in total. The Kier molecular flexibility index (Phi) is 5.39. The van der Waals surface area contributed by atoms with Crippen LogP contribution in [0.15, 0.2) is 34.7 Å². The fourth-order valence-electron chi connectivity index (χ4n) is 3.61. The molecule has 1 amide bonds. The van der Waals surface area contributed by atoms with Gasteiger partial charge in [0.2, 0.25) is 17.7 Å². The van der Waals surface area contributed by atoms with Gasteiger partial charge in [0, 0.05) is 23.0 Å². The molecular formula is C22H24N4O4. The molecule has 0 unspecified atom stereocenters. The highest BCUT2D eigenvalue weighted by atomic mass is 16.5. The molecule has 8 heteroatoms. The van der Waals surface area contributed by atoms with Gasteiger partial charge in [0.15, 0.2) is 0 Å². The summed E-state index contributed by atoms with van der Waals surface area (Å²) >= 11 is 0. The van der Waals surface area contributed by atoms with Gasteiger partial charge >= 0.3 is 5.97 Å². The average molecular weight is 408 g/mol. The lowest BCUT2D eigenvalue weighted by molar-refractivity contribution is -0.116. The number of hydrogen-bond acceptors (Lipinski definition) is 6. The van der Waals surface area contributed by atoms with Crippen LogP contribution in [0.4, 0.5) is 5.69 Å². The van der Waals surface area contributed by atoms with Gasteiger partial charge in [-0.25, -0.2) is 4.79 Å². The molecule has 156 valence electrons. The predicted molar refractivity (Wildman–Crippen MR) is 110 cm³/mol. The molecule has 1 fully saturated rings. The molecule has 4 rings (SSSR count). The van der Waals surface area contributed by atoms with E-state index < -0.39 is 5.97 Å². The number of amides is 1. The number of carbonyl (C=O) groups excluding carboxylic acids is 2. The Hall–Kier alpha value is -3.42. The van der Waals surface area contributed by atoms with Crippen molar-refractivity contribution in [3.05, 3.63) is 53.2 Å². The van der Waals surface area contributed by atoms with Gasteiger partial charge in [-0.15, -0.1) is 10.2 Å². The number of esters is 1. The van der Waals surface area contributed by atoms with Gasteiger partial charge in [0.25, 0.3) is 0 Å². The van der Waals surface area contributed by atoms with Crippen LogP contribution in [0.2, 0.25) is 0 Å². The summed E-state index contributed by atoms with van der Waals surface area (Å²) in [7, 11) is 1.32. The van der Waals surface area contributed by atoms with Crippen LogP contribution in [0.3, 0.4) is 0 Å². The van der Waals surface area contributed by atoms with Gasteiger partial charge in [-0.05, 0) is 51.0 Å². The number of carbonyl (C=O) groups is 2. The van der Waals surface area contributed by atoms with Crippen LogP contribution in [0.25, 0.3) is 11.5 Å². The number of hydrogen-bond donors (Lipinski definition) is 1. The smallest absolute Gasteiger partial charge is 0.337 e. The number of anilines is 1. The van der Waals surface area contributed by atoms with Crippen LogP contribution in [0, 0.1) is 13.8 Å². The second-order valence-electron chi connectivity index (χ2n) is 7.56. The highest BCUT2D eigenvalue weighted by molar-refractivity contribution is 5.94. The van der Waals surface area contributed by atoms with Crippen LogP contribution >= 0.6 is 0 Å². The zero-order valence-electron chi connectivity index (χ0n) is 17.3. The van der Waals surface area contributed by atoms with Gasteiger partial charge in [0.05, 0.1) is 18.2 Å². The van der Waals surface area contributed by atoms with Crippen LogP contribution in [-0.2, 0) is 16.1 Å². The molecule has 1 aliphatic rings. The number of ether oxygens (including phenoxy) is 1. The van der Waals surface area contributed by atoms with Crippen LogP contribution in [0.1, 0.15) is 52.8 Å². The Balaban J connectivity index is 1.49. The second kappa shape index (κ2) is 8.14. The van der Waals surface area contributed by atoms with E-state index in [4.69, 9.17) is 9.15 Å². The van der Waals surface area contributed by atoms with E-state index in [0.717, 1.165) is 29.8 Å². The highest BCUT2D eigenvalue weighted by Gasteiger charge is 2.26. The van der Waals surface area contributed by atoms with E-state index in [9.17, 15) is 9.59 Å². The number of rotatable bonds is 6. The molecule has 1 saturated carbocycles. The molecule has 0 spiro atoms. The molecule has 0 bridgehead atoms. The van der Waals surface area contributed by atoms with E-state index in [2.05, 4.69) is 15.5 Å². The topological polar surface area (TPSA) is 99.2 Å². The molecule has 2 aromatic heterocycles. The third kappa shape index (κ3) is 3.85. The third-order valence-corrected chi connectivity index (χ3v) is 5.57. The van der Waals surface area contributed by atoms with E-state index in [1.807, 2.05) is 24.5 Å². The van der Waals surface area contributed by atoms with E-state index in [1.165, 1.54) is 13.5 Å². The van der Waals surface area contributed by atoms with E-state index in [-0.39, 0.29) is 12.5 Å². The van der Waals surface area contributed by atoms with Crippen molar-refractivity contribution in [3.63, 3.8) is 0 Å². The minimum absolute atomic E-state index is 0.129. The number of methoxy groups -OCH3 is 1. The fourth-order valence-corrected chi connectivity index (χ4v) is 3.61. The first-order valence-electron chi connectivity index (χ1n) is 9.95. The lowest BCUT2D eigenvalue weighted by atomic mass is 9.85. The normalized spacial score (nSPS) is 13.7. The standard InChI is InChI=1S/C22H24N4O4/c1-13-10-18(21-25-24-20(30-21)15-6-4-7-15)14(2)26(13)12-19(27)23-17-9-5-8-16(11-17)22(28)29-3/h5,8-11,15H,4,6-7,12H2,1-3H3,(H,23,27). The maximum Gasteiger partial charge on any atom is 0.337 e. The van der Waals surface area contributed by atoms with Crippen molar-refractivity contribution in [2.45, 2.75) is 45.6 Å². The largest absolute Gasteiger partial charge is 0.465 e. The summed E-state index contributed by atoms with van der Waals surface area (Å²) in [6.45, 7) is 4.00. The molecule has 3 aromatic rings. The highest BCUT2D eigenvalue weighted by Crippen LogP contribution is 2.37. The summed E-state index contributed by atoms with van der Waals surface area (Å²) in [5.74, 6) is 0.910. The Bertz CT molecular complexity index is 1090. The number of aryl methyl sites for hydroxylation is 1. The Morgan fingerprint density at radius 1 is 1.23 bits per heavy atom. The number of aromatic nitrogens is 3. The van der Waals surface area contributed by atoms with Crippen molar-refractivity contribution < 1.29 is 18.7 Å². The molecule has 0 aliphatic heterocycles. The van der Waals surface area contributed by atoms with Crippen molar-refractivity contribution in [1.82, 2.24) is 14.8 Å². The van der Waals surface area contributed by atoms with Gasteiger partial charge < -0.3 is 19.0 Å². The Morgan fingerprint density at radius 2 is 2.03 bits per heavy atom. The van der Waals surface area contributed by atoms with Crippen molar-refractivity contribution in [2.75, 3.05) is 12.4 Å². The molecule has 30 heavy (non-hydrogen) atoms. The molecule has 0 radical (unpaired) electrons. The third-order valence-electron chi connectivity index (χ3n) is 5.57. The lowest BCUT2D eigenvalue weighted by Crippen LogP contribution is -2.20. The second-order valence-corrected chi connectivity index (χ2v) is 7.56. The first kappa shape index (κ1) is 19.9. The van der Waals surface area contributed by atoms with Gasteiger partial charge in [0.1, 0.15) is 6.54 Å². The summed E-state index contributed by atoms with van der Waals surface area (Å²) in [5, 5.41) is 11.2. The molecular weight excluding hydrogens is 384 g/mol. The quantitative estimate of drug-likeness (QED) is 0.622. The number of benzene rings is 1. The minimum Gasteiger partial charge on any atom is -0.465 e. The van der Waals surface area contributed by atoms with Crippen molar-refractivity contribution in [2.24, 2.45) is 0 Å². The molecule has 2 heterocycles. The lowest BCUT2D eigenvalue weighted by Gasteiger charge is -2.20. The maximum absolute atomic E-state index is 12.6. The molecule has 0 saturated heterocycles. The van der Waals surface area contributed by atoms with Crippen molar-refractivity contribution >= 4 is 17.6 Å². The molecule has 1 aliphatic carbocycles. The first-order valence-corrected chi connectivity index (χ1v) is 9.95. The van der Waals surface area contributed by atoms with Crippen LogP contribution in [-0.4, -0.2) is 33.8 Å². The molecule has 0 atom stereocenters. The van der Waals surface area contributed by atoms with Crippen LogP contribution in [0.5, 0.6) is 0 Å². The Morgan fingerprint density at radius 3 is 2.73 bits per heavy atom. The van der Waals surface area contributed by atoms with Gasteiger partial charge in [-0.3, -0.25) is 4.79 Å². The van der Waals surface area contributed by atoms with Crippen LogP contribution < -0.4 is 5.32 Å². The summed E-state index contributed by atoms with van der Waals surface area (Å²) < 4.78 is 12.5. The number of nitrogens with one attached hydrogen (secondary N) is 1. The average Bonchev–Trinajstić information content (AvgIpc) is 3.26. The minimum atomic E-state index is -0.450.